The fourth-order valence-electron chi connectivity index (χ4n) is 1.88. The third kappa shape index (κ3) is 4.03. The Morgan fingerprint density at radius 1 is 1.09 bits per heavy atom. The first-order chi connectivity index (χ1) is 11.0. The van der Waals surface area contributed by atoms with Crippen LogP contribution in [0.4, 0.5) is 8.78 Å². The molecule has 0 radical (unpaired) electrons. The van der Waals surface area contributed by atoms with Gasteiger partial charge in [0, 0.05) is 0 Å². The predicted molar refractivity (Wildman–Crippen MR) is 80.7 cm³/mol. The molecule has 23 heavy (non-hydrogen) atoms. The molecule has 0 amide bonds. The number of halogens is 2. The van der Waals surface area contributed by atoms with Gasteiger partial charge >= 0.3 is 11.9 Å². The topological polar surface area (TPSA) is 48.4 Å². The number of esters is 1. The number of benzene rings is 1. The highest BCUT2D eigenvalue weighted by Crippen LogP contribution is 2.29. The van der Waals surface area contributed by atoms with E-state index in [1.807, 2.05) is 19.1 Å². The molecule has 6 heteroatoms. The van der Waals surface area contributed by atoms with Crippen molar-refractivity contribution in [2.75, 3.05) is 6.61 Å². The molecule has 0 atom stereocenters. The maximum atomic E-state index is 13.8. The van der Waals surface area contributed by atoms with Gasteiger partial charge in [-0.3, -0.25) is 4.98 Å². The number of alkyl halides is 2. The second-order valence-electron chi connectivity index (χ2n) is 4.77. The van der Waals surface area contributed by atoms with E-state index in [2.05, 4.69) is 9.72 Å². The van der Waals surface area contributed by atoms with E-state index < -0.39 is 17.6 Å². The van der Waals surface area contributed by atoms with Crippen LogP contribution in [0.1, 0.15) is 25.1 Å². The van der Waals surface area contributed by atoms with Gasteiger partial charge in [0.15, 0.2) is 0 Å². The third-order valence-electron chi connectivity index (χ3n) is 3.16. The van der Waals surface area contributed by atoms with Crippen molar-refractivity contribution in [3.8, 4) is 11.5 Å². The molecule has 0 saturated heterocycles. The fraction of sp³-hybridized carbons (Fsp3) is 0.294. The van der Waals surface area contributed by atoms with Gasteiger partial charge in [0.1, 0.15) is 17.2 Å². The van der Waals surface area contributed by atoms with Gasteiger partial charge in [-0.1, -0.05) is 19.1 Å². The summed E-state index contributed by atoms with van der Waals surface area (Å²) in [6.07, 6.45) is 2.07. The van der Waals surface area contributed by atoms with E-state index >= 15 is 0 Å². The summed E-state index contributed by atoms with van der Waals surface area (Å²) in [4.78, 5) is 14.9. The number of aryl methyl sites for hydroxylation is 1. The van der Waals surface area contributed by atoms with E-state index in [4.69, 9.17) is 4.74 Å². The van der Waals surface area contributed by atoms with Crippen molar-refractivity contribution < 1.29 is 23.0 Å². The van der Waals surface area contributed by atoms with Crippen molar-refractivity contribution in [1.82, 2.24) is 4.98 Å². The van der Waals surface area contributed by atoms with E-state index in [1.165, 1.54) is 18.6 Å². The van der Waals surface area contributed by atoms with Gasteiger partial charge in [-0.25, -0.2) is 4.79 Å². The van der Waals surface area contributed by atoms with Crippen LogP contribution in [0.15, 0.2) is 42.6 Å². The van der Waals surface area contributed by atoms with Crippen LogP contribution >= 0.6 is 0 Å². The number of aromatic nitrogens is 1. The Bertz CT molecular complexity index is 655. The first-order valence-corrected chi connectivity index (χ1v) is 7.25. The molecule has 0 N–H and O–H groups in total. The molecule has 0 spiro atoms. The van der Waals surface area contributed by atoms with Gasteiger partial charge in [0.2, 0.25) is 0 Å². The van der Waals surface area contributed by atoms with Gasteiger partial charge in [-0.05, 0) is 43.2 Å². The van der Waals surface area contributed by atoms with Crippen LogP contribution in [0.2, 0.25) is 0 Å². The standard InChI is InChI=1S/C17H17F2NO3/c1-3-12-5-7-13(8-6-12)23-14-9-10-15(20-11-14)17(18,19)16(21)22-4-2/h5-11H,3-4H2,1-2H3. The molecule has 1 aromatic heterocycles. The number of hydrogen-bond donors (Lipinski definition) is 0. The Kier molecular flexibility index (Phi) is 5.26. The molecule has 0 aliphatic rings. The molecule has 0 saturated carbocycles. The monoisotopic (exact) mass is 321 g/mol. The SMILES string of the molecule is CCOC(=O)C(F)(F)c1ccc(Oc2ccc(CC)cc2)cn1. The molecular formula is C17H17F2NO3. The van der Waals surface area contributed by atoms with Crippen LogP contribution in [0.25, 0.3) is 0 Å². The number of rotatable bonds is 6. The molecule has 4 nitrogen and oxygen atoms in total. The number of carbonyl (C=O) groups is 1. The lowest BCUT2D eigenvalue weighted by Gasteiger charge is -2.14. The molecule has 0 aliphatic heterocycles. The summed E-state index contributed by atoms with van der Waals surface area (Å²) < 4.78 is 37.5. The fourth-order valence-corrected chi connectivity index (χ4v) is 1.88. The molecule has 2 rings (SSSR count). The van der Waals surface area contributed by atoms with E-state index in [0.29, 0.717) is 11.5 Å². The smallest absolute Gasteiger partial charge is 0.384 e. The van der Waals surface area contributed by atoms with E-state index in [9.17, 15) is 13.6 Å². The average Bonchev–Trinajstić information content (AvgIpc) is 2.56. The minimum atomic E-state index is -3.78. The van der Waals surface area contributed by atoms with Crippen LogP contribution in [0.5, 0.6) is 11.5 Å². The zero-order valence-corrected chi connectivity index (χ0v) is 12.9. The Morgan fingerprint density at radius 2 is 1.74 bits per heavy atom. The first-order valence-electron chi connectivity index (χ1n) is 7.25. The number of nitrogens with zero attached hydrogens (tertiary/aromatic N) is 1. The van der Waals surface area contributed by atoms with Crippen molar-refractivity contribution in [1.29, 1.82) is 0 Å². The van der Waals surface area contributed by atoms with Crippen molar-refractivity contribution in [3.05, 3.63) is 53.9 Å². The second-order valence-corrected chi connectivity index (χ2v) is 4.77. The largest absolute Gasteiger partial charge is 0.461 e. The highest BCUT2D eigenvalue weighted by Gasteiger charge is 2.44. The van der Waals surface area contributed by atoms with Crippen LogP contribution < -0.4 is 4.74 Å². The lowest BCUT2D eigenvalue weighted by atomic mass is 10.2. The van der Waals surface area contributed by atoms with Crippen LogP contribution in [0.3, 0.4) is 0 Å². The maximum Gasteiger partial charge on any atom is 0.384 e. The molecule has 1 aromatic carbocycles. The molecular weight excluding hydrogens is 304 g/mol. The summed E-state index contributed by atoms with van der Waals surface area (Å²) >= 11 is 0. The molecule has 0 unspecified atom stereocenters. The second kappa shape index (κ2) is 7.17. The van der Waals surface area contributed by atoms with Gasteiger partial charge < -0.3 is 9.47 Å². The molecule has 0 aliphatic carbocycles. The van der Waals surface area contributed by atoms with Gasteiger partial charge in [-0.15, -0.1) is 0 Å². The Hall–Kier alpha value is -2.50. The third-order valence-corrected chi connectivity index (χ3v) is 3.16. The first kappa shape index (κ1) is 16.9. The highest BCUT2D eigenvalue weighted by molar-refractivity contribution is 5.78. The summed E-state index contributed by atoms with van der Waals surface area (Å²) in [5.74, 6) is -4.51. The number of ether oxygens (including phenoxy) is 2. The van der Waals surface area contributed by atoms with Crippen molar-refractivity contribution >= 4 is 5.97 Å². The minimum absolute atomic E-state index is 0.122. The van der Waals surface area contributed by atoms with Gasteiger partial charge in [-0.2, -0.15) is 8.78 Å². The number of carbonyl (C=O) groups excluding carboxylic acids is 1. The average molecular weight is 321 g/mol. The molecule has 1 heterocycles. The Morgan fingerprint density at radius 3 is 2.26 bits per heavy atom. The lowest BCUT2D eigenvalue weighted by Crippen LogP contribution is -2.29. The number of hydrogen-bond acceptors (Lipinski definition) is 4. The van der Waals surface area contributed by atoms with Crippen molar-refractivity contribution in [2.24, 2.45) is 0 Å². The summed E-state index contributed by atoms with van der Waals surface area (Å²) in [6.45, 7) is 3.38. The van der Waals surface area contributed by atoms with Gasteiger partial charge in [0.25, 0.3) is 0 Å². The summed E-state index contributed by atoms with van der Waals surface area (Å²) in [6, 6.07) is 9.81. The Labute approximate surface area is 133 Å². The molecule has 0 fully saturated rings. The molecule has 2 aromatic rings. The van der Waals surface area contributed by atoms with E-state index in [-0.39, 0.29) is 6.61 Å². The maximum absolute atomic E-state index is 13.8. The van der Waals surface area contributed by atoms with Crippen molar-refractivity contribution in [3.63, 3.8) is 0 Å². The zero-order valence-electron chi connectivity index (χ0n) is 12.9. The predicted octanol–water partition coefficient (Wildman–Crippen LogP) is 4.09. The quantitative estimate of drug-likeness (QED) is 0.752. The zero-order chi connectivity index (χ0) is 16.9. The number of pyridine rings is 1. The normalized spacial score (nSPS) is 11.1. The van der Waals surface area contributed by atoms with Crippen LogP contribution in [-0.2, 0) is 21.9 Å². The van der Waals surface area contributed by atoms with E-state index in [1.54, 1.807) is 12.1 Å². The van der Waals surface area contributed by atoms with Gasteiger partial charge in [0.05, 0.1) is 12.8 Å². The Balaban J connectivity index is 2.10. The summed E-state index contributed by atoms with van der Waals surface area (Å²) in [5, 5.41) is 0. The minimum Gasteiger partial charge on any atom is -0.461 e. The lowest BCUT2D eigenvalue weighted by molar-refractivity contribution is -0.173. The van der Waals surface area contributed by atoms with Crippen LogP contribution in [0, 0.1) is 0 Å². The summed E-state index contributed by atoms with van der Waals surface area (Å²) in [5.41, 5.74) is 0.490. The van der Waals surface area contributed by atoms with E-state index in [0.717, 1.165) is 18.7 Å². The molecule has 0 bridgehead atoms. The van der Waals surface area contributed by atoms with Crippen molar-refractivity contribution in [2.45, 2.75) is 26.2 Å². The molecule has 122 valence electrons. The highest BCUT2D eigenvalue weighted by atomic mass is 19.3. The summed E-state index contributed by atoms with van der Waals surface area (Å²) in [7, 11) is 0. The van der Waals surface area contributed by atoms with Crippen LogP contribution in [-0.4, -0.2) is 17.6 Å².